The second kappa shape index (κ2) is 5.33. The Morgan fingerprint density at radius 2 is 1.80 bits per heavy atom. The molecule has 0 bridgehead atoms. The summed E-state index contributed by atoms with van der Waals surface area (Å²) in [5.41, 5.74) is 2.89. The first kappa shape index (κ1) is 13.8. The van der Waals surface area contributed by atoms with Crippen molar-refractivity contribution in [3.8, 4) is 11.3 Å². The van der Waals surface area contributed by atoms with Crippen LogP contribution in [-0.4, -0.2) is 10.5 Å². The molecule has 3 aromatic rings. The van der Waals surface area contributed by atoms with E-state index in [9.17, 15) is 4.21 Å². The molecule has 1 unspecified atom stereocenters. The monoisotopic (exact) mass is 396 g/mol. The van der Waals surface area contributed by atoms with E-state index in [2.05, 4.69) is 22.6 Å². The smallest absolute Gasteiger partial charge is 0.151 e. The summed E-state index contributed by atoms with van der Waals surface area (Å²) < 4.78 is 19.3. The average molecular weight is 396 g/mol. The topological polar surface area (TPSA) is 30.2 Å². The Balaban J connectivity index is 2.32. The van der Waals surface area contributed by atoms with Crippen LogP contribution in [0.25, 0.3) is 22.3 Å². The lowest BCUT2D eigenvalue weighted by molar-refractivity contribution is 0.622. The van der Waals surface area contributed by atoms with Gasteiger partial charge in [0.2, 0.25) is 0 Å². The molecule has 0 aliphatic carbocycles. The van der Waals surface area contributed by atoms with Crippen molar-refractivity contribution in [1.82, 2.24) is 0 Å². The fourth-order valence-corrected chi connectivity index (χ4v) is 3.51. The Morgan fingerprint density at radius 3 is 2.45 bits per heavy atom. The number of furan rings is 1. The third-order valence-electron chi connectivity index (χ3n) is 3.19. The first-order valence-corrected chi connectivity index (χ1v) is 8.82. The highest BCUT2D eigenvalue weighted by atomic mass is 127. The largest absolute Gasteiger partial charge is 0.455 e. The minimum atomic E-state index is -1.09. The Morgan fingerprint density at radius 1 is 1.10 bits per heavy atom. The zero-order valence-corrected chi connectivity index (χ0v) is 14.1. The molecule has 0 radical (unpaired) electrons. The number of rotatable bonds is 2. The third kappa shape index (κ3) is 2.42. The van der Waals surface area contributed by atoms with Crippen LogP contribution in [0.5, 0.6) is 0 Å². The molecule has 0 saturated carbocycles. The van der Waals surface area contributed by atoms with E-state index in [1.807, 2.05) is 49.4 Å². The maximum atomic E-state index is 12.1. The van der Waals surface area contributed by atoms with Crippen LogP contribution in [0.2, 0.25) is 0 Å². The van der Waals surface area contributed by atoms with Gasteiger partial charge in [-0.25, -0.2) is 0 Å². The van der Waals surface area contributed by atoms with Gasteiger partial charge in [0.15, 0.2) is 5.76 Å². The fraction of sp³-hybridized carbons (Fsp3) is 0.125. The number of aryl methyl sites for hydroxylation is 1. The summed E-state index contributed by atoms with van der Waals surface area (Å²) in [6.07, 6.45) is 1.70. The predicted molar refractivity (Wildman–Crippen MR) is 91.4 cm³/mol. The lowest BCUT2D eigenvalue weighted by Gasteiger charge is -2.00. The zero-order valence-electron chi connectivity index (χ0n) is 11.1. The van der Waals surface area contributed by atoms with Crippen molar-refractivity contribution in [2.24, 2.45) is 0 Å². The molecule has 0 saturated heterocycles. The lowest BCUT2D eigenvalue weighted by Crippen LogP contribution is -1.89. The molecule has 2 aromatic carbocycles. The van der Waals surface area contributed by atoms with Crippen LogP contribution in [0.4, 0.5) is 0 Å². The van der Waals surface area contributed by atoms with Crippen LogP contribution in [0.3, 0.4) is 0 Å². The van der Waals surface area contributed by atoms with Crippen molar-refractivity contribution in [3.05, 3.63) is 51.6 Å². The van der Waals surface area contributed by atoms with Gasteiger partial charge in [0.25, 0.3) is 0 Å². The molecule has 2 nitrogen and oxygen atoms in total. The molecule has 4 heteroatoms. The molecule has 102 valence electrons. The number of benzene rings is 2. The minimum absolute atomic E-state index is 0.711. The maximum absolute atomic E-state index is 12.1. The SMILES string of the molecule is Cc1ccc2oc(-c3ccc(I)cc3)c(S(C)=O)c2c1. The molecule has 0 aliphatic rings. The summed E-state index contributed by atoms with van der Waals surface area (Å²) in [5.74, 6) is 0.711. The van der Waals surface area contributed by atoms with Crippen molar-refractivity contribution >= 4 is 44.4 Å². The van der Waals surface area contributed by atoms with E-state index in [-0.39, 0.29) is 0 Å². The van der Waals surface area contributed by atoms with Gasteiger partial charge in [-0.15, -0.1) is 0 Å². The van der Waals surface area contributed by atoms with E-state index < -0.39 is 10.8 Å². The Kier molecular flexibility index (Phi) is 3.69. The van der Waals surface area contributed by atoms with E-state index in [0.29, 0.717) is 5.76 Å². The molecule has 1 aromatic heterocycles. The average Bonchev–Trinajstić information content (AvgIpc) is 2.78. The van der Waals surface area contributed by atoms with E-state index in [4.69, 9.17) is 4.42 Å². The third-order valence-corrected chi connectivity index (χ3v) is 4.89. The van der Waals surface area contributed by atoms with E-state index >= 15 is 0 Å². The van der Waals surface area contributed by atoms with Crippen LogP contribution in [0, 0.1) is 10.5 Å². The molecular formula is C16H13IO2S. The van der Waals surface area contributed by atoms with Crippen LogP contribution < -0.4 is 0 Å². The molecule has 1 heterocycles. The summed E-state index contributed by atoms with van der Waals surface area (Å²) in [6.45, 7) is 2.03. The van der Waals surface area contributed by atoms with E-state index in [1.54, 1.807) is 6.26 Å². The number of hydrogen-bond donors (Lipinski definition) is 0. The van der Waals surface area contributed by atoms with Crippen molar-refractivity contribution in [2.45, 2.75) is 11.8 Å². The van der Waals surface area contributed by atoms with Gasteiger partial charge in [-0.2, -0.15) is 0 Å². The van der Waals surface area contributed by atoms with Gasteiger partial charge in [-0.05, 0) is 53.8 Å². The first-order valence-electron chi connectivity index (χ1n) is 6.19. The van der Waals surface area contributed by atoms with E-state index in [0.717, 1.165) is 30.6 Å². The predicted octanol–water partition coefficient (Wildman–Crippen LogP) is 4.75. The van der Waals surface area contributed by atoms with Gasteiger partial charge < -0.3 is 4.42 Å². The van der Waals surface area contributed by atoms with Crippen molar-refractivity contribution in [3.63, 3.8) is 0 Å². The summed E-state index contributed by atoms with van der Waals surface area (Å²) in [5, 5.41) is 0.944. The maximum Gasteiger partial charge on any atom is 0.151 e. The minimum Gasteiger partial charge on any atom is -0.455 e. The molecule has 0 spiro atoms. The number of hydrogen-bond acceptors (Lipinski definition) is 2. The van der Waals surface area contributed by atoms with Gasteiger partial charge in [0, 0.05) is 20.8 Å². The van der Waals surface area contributed by atoms with Gasteiger partial charge in [0.1, 0.15) is 5.58 Å². The second-order valence-electron chi connectivity index (χ2n) is 4.72. The highest BCUT2D eigenvalue weighted by Crippen LogP contribution is 2.36. The Labute approximate surface area is 133 Å². The Hall–Kier alpha value is -1.14. The molecular weight excluding hydrogens is 383 g/mol. The van der Waals surface area contributed by atoms with Gasteiger partial charge in [0.05, 0.1) is 15.7 Å². The van der Waals surface area contributed by atoms with Crippen molar-refractivity contribution in [2.75, 3.05) is 6.26 Å². The fourth-order valence-electron chi connectivity index (χ4n) is 2.27. The standard InChI is InChI=1S/C16H13IO2S/c1-10-3-8-14-13(9-10)16(20(2)18)15(19-14)11-4-6-12(17)7-5-11/h3-9H,1-2H3. The molecule has 0 aliphatic heterocycles. The highest BCUT2D eigenvalue weighted by Gasteiger charge is 2.18. The van der Waals surface area contributed by atoms with Crippen molar-refractivity contribution < 1.29 is 8.63 Å². The Bertz CT molecular complexity index is 803. The highest BCUT2D eigenvalue weighted by molar-refractivity contribution is 14.1. The number of halogens is 1. The van der Waals surface area contributed by atoms with Crippen LogP contribution >= 0.6 is 22.6 Å². The van der Waals surface area contributed by atoms with Crippen LogP contribution in [0.15, 0.2) is 51.8 Å². The van der Waals surface area contributed by atoms with Crippen LogP contribution in [-0.2, 0) is 10.8 Å². The summed E-state index contributed by atoms with van der Waals surface area (Å²) in [7, 11) is -1.09. The normalized spacial score (nSPS) is 12.8. The molecule has 0 amide bonds. The lowest BCUT2D eigenvalue weighted by atomic mass is 10.1. The summed E-state index contributed by atoms with van der Waals surface area (Å²) in [6, 6.07) is 14.0. The van der Waals surface area contributed by atoms with Crippen molar-refractivity contribution in [1.29, 1.82) is 0 Å². The molecule has 3 rings (SSSR count). The summed E-state index contributed by atoms with van der Waals surface area (Å²) >= 11 is 2.27. The van der Waals surface area contributed by atoms with Gasteiger partial charge in [-0.3, -0.25) is 4.21 Å². The molecule has 20 heavy (non-hydrogen) atoms. The molecule has 1 atom stereocenters. The molecule has 0 fully saturated rings. The first-order chi connectivity index (χ1) is 9.56. The summed E-state index contributed by atoms with van der Waals surface area (Å²) in [4.78, 5) is 0.782. The quantitative estimate of drug-likeness (QED) is 0.586. The second-order valence-corrected chi connectivity index (χ2v) is 7.28. The number of fused-ring (bicyclic) bond motifs is 1. The molecule has 0 N–H and O–H groups in total. The zero-order chi connectivity index (χ0) is 14.3. The van der Waals surface area contributed by atoms with E-state index in [1.165, 1.54) is 0 Å². The van der Waals surface area contributed by atoms with Crippen LogP contribution in [0.1, 0.15) is 5.56 Å². The van der Waals surface area contributed by atoms with Gasteiger partial charge >= 0.3 is 0 Å². The van der Waals surface area contributed by atoms with Gasteiger partial charge in [-0.1, -0.05) is 23.8 Å².